The van der Waals surface area contributed by atoms with Crippen molar-refractivity contribution >= 4 is 0 Å². The van der Waals surface area contributed by atoms with Gasteiger partial charge in [-0.1, -0.05) is 84.0 Å². The van der Waals surface area contributed by atoms with Gasteiger partial charge in [0.05, 0.1) is 6.54 Å². The van der Waals surface area contributed by atoms with Crippen LogP contribution in [0.5, 0.6) is 0 Å². The van der Waals surface area contributed by atoms with Crippen molar-refractivity contribution in [3.63, 3.8) is 0 Å². The molecule has 0 aromatic rings. The zero-order valence-electron chi connectivity index (χ0n) is 14.6. The van der Waals surface area contributed by atoms with Crippen molar-refractivity contribution in [3.05, 3.63) is 0 Å². The van der Waals surface area contributed by atoms with E-state index in [0.717, 1.165) is 19.5 Å². The zero-order valence-corrected chi connectivity index (χ0v) is 15.3. The molecule has 0 aromatic carbocycles. The number of likely N-dealkylation sites (N-methyl/N-ethyl adjacent to an activating group) is 1. The third-order valence-electron chi connectivity index (χ3n) is 4.12. The van der Waals surface area contributed by atoms with Crippen molar-refractivity contribution in [2.24, 2.45) is 0 Å². The summed E-state index contributed by atoms with van der Waals surface area (Å²) in [6, 6.07) is 0. The second kappa shape index (κ2) is 20.2. The van der Waals surface area contributed by atoms with Crippen molar-refractivity contribution in [1.82, 2.24) is 0 Å². The first-order valence-electron chi connectivity index (χ1n) is 9.31. The molecule has 0 aliphatic carbocycles. The van der Waals surface area contributed by atoms with Crippen LogP contribution in [-0.4, -0.2) is 24.3 Å². The Kier molecular flexibility index (Phi) is 22.6. The van der Waals surface area contributed by atoms with E-state index in [9.17, 15) is 5.11 Å². The Morgan fingerprint density at radius 1 is 0.714 bits per heavy atom. The minimum Gasteiger partial charge on any atom is -1.00 e. The average Bonchev–Trinajstić information content (AvgIpc) is 2.46. The number of aliphatic hydroxyl groups excluding tert-OH is 1. The Balaban J connectivity index is 0. The van der Waals surface area contributed by atoms with E-state index in [2.05, 4.69) is 19.2 Å². The van der Waals surface area contributed by atoms with Gasteiger partial charge in [0, 0.05) is 0 Å². The van der Waals surface area contributed by atoms with Gasteiger partial charge >= 0.3 is 0 Å². The molecule has 130 valence electrons. The molecule has 3 heteroatoms. The summed E-state index contributed by atoms with van der Waals surface area (Å²) in [4.78, 5) is 0. The van der Waals surface area contributed by atoms with Crippen LogP contribution < -0.4 is 17.7 Å². The monoisotopic (exact) mass is 321 g/mol. The molecule has 0 aliphatic rings. The second-order valence-corrected chi connectivity index (χ2v) is 6.26. The van der Waals surface area contributed by atoms with Crippen LogP contribution in [0.25, 0.3) is 0 Å². The number of halogens is 1. The number of aliphatic hydroxyl groups is 1. The molecule has 2 nitrogen and oxygen atoms in total. The van der Waals surface area contributed by atoms with Crippen molar-refractivity contribution in [2.75, 3.05) is 13.1 Å². The van der Waals surface area contributed by atoms with Crippen LogP contribution in [0, 0.1) is 0 Å². The standard InChI is InChI=1S/C18H39NO.ClH/c1-3-5-6-7-8-9-10-11-12-13-14-15-16-18(20)17-19-4-2;/h18-20H,3-17H2,1-2H3;1H. The molecule has 0 bridgehead atoms. The zero-order chi connectivity index (χ0) is 14.9. The Morgan fingerprint density at radius 3 is 1.57 bits per heavy atom. The minimum absolute atomic E-state index is 0. The van der Waals surface area contributed by atoms with Crippen molar-refractivity contribution in [2.45, 2.75) is 103 Å². The van der Waals surface area contributed by atoms with Gasteiger partial charge in [0.25, 0.3) is 0 Å². The summed E-state index contributed by atoms with van der Waals surface area (Å²) in [5, 5.41) is 11.9. The van der Waals surface area contributed by atoms with Gasteiger partial charge in [0.15, 0.2) is 0 Å². The lowest BCUT2D eigenvalue weighted by atomic mass is 10.0. The van der Waals surface area contributed by atoms with Gasteiger partial charge in [0.1, 0.15) is 12.6 Å². The molecule has 0 saturated heterocycles. The number of quaternary nitrogens is 1. The summed E-state index contributed by atoms with van der Waals surface area (Å²) < 4.78 is 0. The molecule has 0 saturated carbocycles. The molecule has 1 atom stereocenters. The Bertz CT molecular complexity index is 179. The Hall–Kier alpha value is 0.210. The molecule has 0 heterocycles. The molecule has 1 unspecified atom stereocenters. The third-order valence-corrected chi connectivity index (χ3v) is 4.12. The normalized spacial score (nSPS) is 12.1. The SMILES string of the molecule is CCCCCCCCCCCCCCC(O)C[NH2+]CC.[Cl-]. The van der Waals surface area contributed by atoms with Gasteiger partial charge in [-0.3, -0.25) is 0 Å². The van der Waals surface area contributed by atoms with E-state index < -0.39 is 0 Å². The van der Waals surface area contributed by atoms with Crippen LogP contribution in [0.1, 0.15) is 97.3 Å². The van der Waals surface area contributed by atoms with Gasteiger partial charge in [-0.05, 0) is 13.3 Å². The first kappa shape index (κ1) is 23.5. The molecule has 0 aliphatic heterocycles. The molecular weight excluding hydrogens is 282 g/mol. The van der Waals surface area contributed by atoms with Crippen LogP contribution in [0.2, 0.25) is 0 Å². The van der Waals surface area contributed by atoms with Crippen LogP contribution in [0.15, 0.2) is 0 Å². The van der Waals surface area contributed by atoms with Crippen molar-refractivity contribution in [1.29, 1.82) is 0 Å². The van der Waals surface area contributed by atoms with Crippen LogP contribution in [-0.2, 0) is 0 Å². The summed E-state index contributed by atoms with van der Waals surface area (Å²) >= 11 is 0. The maximum atomic E-state index is 9.71. The predicted octanol–water partition coefficient (Wildman–Crippen LogP) is 1.03. The smallest absolute Gasteiger partial charge is 0.103 e. The van der Waals surface area contributed by atoms with E-state index in [1.165, 1.54) is 77.0 Å². The first-order chi connectivity index (χ1) is 9.81. The molecule has 0 rings (SSSR count). The fraction of sp³-hybridized carbons (Fsp3) is 1.00. The molecule has 3 N–H and O–H groups in total. The van der Waals surface area contributed by atoms with Crippen molar-refractivity contribution in [3.8, 4) is 0 Å². The van der Waals surface area contributed by atoms with E-state index in [1.807, 2.05) is 0 Å². The lowest BCUT2D eigenvalue weighted by Gasteiger charge is -2.08. The molecule has 0 radical (unpaired) electrons. The molecular formula is C18H40ClNO. The highest BCUT2D eigenvalue weighted by atomic mass is 35.5. The highest BCUT2D eigenvalue weighted by Crippen LogP contribution is 2.12. The number of hydrogen-bond donors (Lipinski definition) is 2. The predicted molar refractivity (Wildman–Crippen MR) is 89.0 cm³/mol. The van der Waals surface area contributed by atoms with Crippen molar-refractivity contribution < 1.29 is 22.8 Å². The van der Waals surface area contributed by atoms with E-state index in [0.29, 0.717) is 0 Å². The summed E-state index contributed by atoms with van der Waals surface area (Å²) in [5.74, 6) is 0. The lowest BCUT2D eigenvalue weighted by Crippen LogP contribution is -3.00. The fourth-order valence-corrected chi connectivity index (χ4v) is 2.70. The molecule has 0 fully saturated rings. The van der Waals surface area contributed by atoms with E-state index in [-0.39, 0.29) is 18.5 Å². The van der Waals surface area contributed by atoms with Gasteiger partial charge in [-0.25, -0.2) is 0 Å². The largest absolute Gasteiger partial charge is 1.00 e. The maximum absolute atomic E-state index is 9.71. The molecule has 21 heavy (non-hydrogen) atoms. The fourth-order valence-electron chi connectivity index (χ4n) is 2.70. The lowest BCUT2D eigenvalue weighted by molar-refractivity contribution is -0.658. The van der Waals surface area contributed by atoms with Crippen LogP contribution in [0.3, 0.4) is 0 Å². The van der Waals surface area contributed by atoms with E-state index in [1.54, 1.807) is 0 Å². The third kappa shape index (κ3) is 20.2. The van der Waals surface area contributed by atoms with Gasteiger partial charge in [-0.15, -0.1) is 0 Å². The molecule has 0 aromatic heterocycles. The number of rotatable bonds is 16. The second-order valence-electron chi connectivity index (χ2n) is 6.26. The highest BCUT2D eigenvalue weighted by molar-refractivity contribution is 4.53. The number of hydrogen-bond acceptors (Lipinski definition) is 1. The Morgan fingerprint density at radius 2 is 1.14 bits per heavy atom. The summed E-state index contributed by atoms with van der Waals surface area (Å²) in [6.45, 7) is 6.38. The Labute approximate surface area is 139 Å². The number of unbranched alkanes of at least 4 members (excludes halogenated alkanes) is 11. The quantitative estimate of drug-likeness (QED) is 0.409. The molecule has 0 spiro atoms. The topological polar surface area (TPSA) is 36.8 Å². The molecule has 0 amide bonds. The maximum Gasteiger partial charge on any atom is 0.103 e. The highest BCUT2D eigenvalue weighted by Gasteiger charge is 2.04. The average molecular weight is 322 g/mol. The minimum atomic E-state index is -0.0851. The van der Waals surface area contributed by atoms with Crippen LogP contribution >= 0.6 is 0 Å². The number of nitrogens with two attached hydrogens (primary N) is 1. The van der Waals surface area contributed by atoms with Gasteiger partial charge in [0.2, 0.25) is 0 Å². The summed E-state index contributed by atoms with van der Waals surface area (Å²) in [6.07, 6.45) is 17.6. The van der Waals surface area contributed by atoms with Gasteiger partial charge in [-0.2, -0.15) is 0 Å². The van der Waals surface area contributed by atoms with E-state index in [4.69, 9.17) is 0 Å². The van der Waals surface area contributed by atoms with E-state index >= 15 is 0 Å². The summed E-state index contributed by atoms with van der Waals surface area (Å²) in [7, 11) is 0. The first-order valence-corrected chi connectivity index (χ1v) is 9.31. The summed E-state index contributed by atoms with van der Waals surface area (Å²) in [5.41, 5.74) is 0. The van der Waals surface area contributed by atoms with Crippen LogP contribution in [0.4, 0.5) is 0 Å². The van der Waals surface area contributed by atoms with Gasteiger partial charge < -0.3 is 22.8 Å².